The lowest BCUT2D eigenvalue weighted by molar-refractivity contribution is -0.182. The van der Waals surface area contributed by atoms with Crippen LogP contribution in [0.1, 0.15) is 55.7 Å². The van der Waals surface area contributed by atoms with Gasteiger partial charge in [0.2, 0.25) is 11.8 Å². The predicted molar refractivity (Wildman–Crippen MR) is 59.3 cm³/mol. The van der Waals surface area contributed by atoms with Crippen LogP contribution >= 0.6 is 11.6 Å². The van der Waals surface area contributed by atoms with E-state index >= 15 is 0 Å². The van der Waals surface area contributed by atoms with E-state index in [1.807, 2.05) is 0 Å². The second-order valence-corrected chi connectivity index (χ2v) is 5.34. The van der Waals surface area contributed by atoms with Gasteiger partial charge in [-0.25, -0.2) is 0 Å². The van der Waals surface area contributed by atoms with Crippen LogP contribution in [-0.4, -0.2) is 16.4 Å². The Kier molecular flexibility index (Phi) is 3.84. The summed E-state index contributed by atoms with van der Waals surface area (Å²) >= 11 is 5.79. The summed E-state index contributed by atoms with van der Waals surface area (Å²) in [6.07, 6.45) is -2.97. The molecule has 1 aliphatic rings. The van der Waals surface area contributed by atoms with Crippen molar-refractivity contribution in [2.24, 2.45) is 5.92 Å². The molecule has 1 fully saturated rings. The minimum Gasteiger partial charge on any atom is -0.423 e. The van der Waals surface area contributed by atoms with Crippen molar-refractivity contribution in [3.63, 3.8) is 0 Å². The molecule has 0 amide bonds. The average Bonchev–Trinajstić information content (AvgIpc) is 2.77. The predicted octanol–water partition coefficient (Wildman–Crippen LogP) is 4.21. The second kappa shape index (κ2) is 5.07. The van der Waals surface area contributed by atoms with Crippen molar-refractivity contribution in [1.29, 1.82) is 0 Å². The van der Waals surface area contributed by atoms with Gasteiger partial charge in [-0.05, 0) is 32.6 Å². The molecule has 0 aliphatic heterocycles. The maximum atomic E-state index is 12.5. The summed E-state index contributed by atoms with van der Waals surface area (Å²) < 4.78 is 42.9. The Morgan fingerprint density at radius 3 is 2.28 bits per heavy atom. The molecule has 0 bridgehead atoms. The van der Waals surface area contributed by atoms with Gasteiger partial charge < -0.3 is 4.42 Å². The van der Waals surface area contributed by atoms with E-state index in [4.69, 9.17) is 16.0 Å². The van der Waals surface area contributed by atoms with Gasteiger partial charge in [-0.3, -0.25) is 0 Å². The fraction of sp³-hybridized carbons (Fsp3) is 0.818. The molecule has 3 nitrogen and oxygen atoms in total. The molecule has 7 heteroatoms. The molecule has 1 aromatic rings. The largest absolute Gasteiger partial charge is 0.423 e. The summed E-state index contributed by atoms with van der Waals surface area (Å²) in [7, 11) is 0. The topological polar surface area (TPSA) is 38.9 Å². The lowest BCUT2D eigenvalue weighted by Crippen LogP contribution is -2.27. The van der Waals surface area contributed by atoms with Crippen LogP contribution in [0.5, 0.6) is 0 Å². The third-order valence-electron chi connectivity index (χ3n) is 3.34. The summed E-state index contributed by atoms with van der Waals surface area (Å²) in [5.41, 5.74) is 0. The van der Waals surface area contributed by atoms with E-state index < -0.39 is 12.1 Å². The van der Waals surface area contributed by atoms with Crippen molar-refractivity contribution >= 4 is 11.6 Å². The first-order valence-electron chi connectivity index (χ1n) is 5.92. The molecule has 1 atom stereocenters. The van der Waals surface area contributed by atoms with Gasteiger partial charge in [0.15, 0.2) is 0 Å². The molecule has 1 heterocycles. The molecule has 1 aromatic heterocycles. The Labute approximate surface area is 108 Å². The Morgan fingerprint density at radius 2 is 1.83 bits per heavy atom. The van der Waals surface area contributed by atoms with Crippen molar-refractivity contribution in [2.75, 3.05) is 0 Å². The Morgan fingerprint density at radius 1 is 1.22 bits per heavy atom. The van der Waals surface area contributed by atoms with Crippen LogP contribution < -0.4 is 0 Å². The molecular weight excluding hydrogens is 269 g/mol. The summed E-state index contributed by atoms with van der Waals surface area (Å²) in [5, 5.41) is 7.28. The van der Waals surface area contributed by atoms with E-state index in [1.165, 1.54) is 0 Å². The maximum Gasteiger partial charge on any atom is 0.391 e. The third kappa shape index (κ3) is 2.96. The van der Waals surface area contributed by atoms with Gasteiger partial charge in [-0.15, -0.1) is 21.8 Å². The summed E-state index contributed by atoms with van der Waals surface area (Å²) in [6, 6.07) is 0. The highest BCUT2D eigenvalue weighted by molar-refractivity contribution is 6.20. The quantitative estimate of drug-likeness (QED) is 0.763. The van der Waals surface area contributed by atoms with Crippen LogP contribution in [0, 0.1) is 5.92 Å². The van der Waals surface area contributed by atoms with Crippen LogP contribution in [0.3, 0.4) is 0 Å². The summed E-state index contributed by atoms with van der Waals surface area (Å²) in [4.78, 5) is 0. The molecule has 0 radical (unpaired) electrons. The zero-order valence-corrected chi connectivity index (χ0v) is 10.6. The Bertz CT molecular complexity index is 397. The number of alkyl halides is 4. The highest BCUT2D eigenvalue weighted by Crippen LogP contribution is 2.42. The van der Waals surface area contributed by atoms with Crippen molar-refractivity contribution < 1.29 is 17.6 Å². The molecule has 0 saturated heterocycles. The van der Waals surface area contributed by atoms with Crippen LogP contribution in [0.25, 0.3) is 0 Å². The number of halogens is 4. The van der Waals surface area contributed by atoms with Crippen molar-refractivity contribution in [3.05, 3.63) is 11.8 Å². The van der Waals surface area contributed by atoms with E-state index in [-0.39, 0.29) is 24.1 Å². The van der Waals surface area contributed by atoms with Crippen LogP contribution in [0.4, 0.5) is 13.2 Å². The van der Waals surface area contributed by atoms with E-state index in [9.17, 15) is 13.2 Å². The smallest absolute Gasteiger partial charge is 0.391 e. The van der Waals surface area contributed by atoms with Gasteiger partial charge in [0.25, 0.3) is 0 Å². The first-order chi connectivity index (χ1) is 8.38. The van der Waals surface area contributed by atoms with E-state index in [2.05, 4.69) is 10.2 Å². The summed E-state index contributed by atoms with van der Waals surface area (Å²) in [5.74, 6) is -0.522. The Hall–Kier alpha value is -0.780. The number of hydrogen-bond donors (Lipinski definition) is 0. The fourth-order valence-corrected chi connectivity index (χ4v) is 2.33. The number of nitrogens with zero attached hydrogens (tertiary/aromatic N) is 2. The zero-order chi connectivity index (χ0) is 13.3. The van der Waals surface area contributed by atoms with Gasteiger partial charge >= 0.3 is 6.18 Å². The first kappa shape index (κ1) is 13.6. The van der Waals surface area contributed by atoms with Crippen molar-refractivity contribution in [2.45, 2.75) is 50.1 Å². The second-order valence-electron chi connectivity index (χ2n) is 4.68. The molecule has 1 saturated carbocycles. The molecule has 18 heavy (non-hydrogen) atoms. The molecule has 0 N–H and O–H groups in total. The SMILES string of the molecule is CC(Cl)c1nnc(C2CCC(C(F)(F)F)CC2)o1. The normalized spacial score (nSPS) is 27.2. The van der Waals surface area contributed by atoms with Crippen molar-refractivity contribution in [3.8, 4) is 0 Å². The van der Waals surface area contributed by atoms with Crippen LogP contribution in [0.2, 0.25) is 0 Å². The van der Waals surface area contributed by atoms with Gasteiger partial charge in [0, 0.05) is 5.92 Å². The van der Waals surface area contributed by atoms with E-state index in [0.717, 1.165) is 0 Å². The van der Waals surface area contributed by atoms with Gasteiger partial charge in [-0.1, -0.05) is 0 Å². The molecule has 1 unspecified atom stereocenters. The fourth-order valence-electron chi connectivity index (χ4n) is 2.24. The Balaban J connectivity index is 1.97. The minimum atomic E-state index is -4.09. The monoisotopic (exact) mass is 282 g/mol. The summed E-state index contributed by atoms with van der Waals surface area (Å²) in [6.45, 7) is 1.71. The number of hydrogen-bond acceptors (Lipinski definition) is 3. The third-order valence-corrected chi connectivity index (χ3v) is 3.52. The van der Waals surface area contributed by atoms with Crippen molar-refractivity contribution in [1.82, 2.24) is 10.2 Å². The minimum absolute atomic E-state index is 0.0692. The highest BCUT2D eigenvalue weighted by Gasteiger charge is 2.42. The van der Waals surface area contributed by atoms with Gasteiger partial charge in [0.1, 0.15) is 5.38 Å². The first-order valence-corrected chi connectivity index (χ1v) is 6.35. The molecular formula is C11H14ClF3N2O. The molecule has 1 aliphatic carbocycles. The average molecular weight is 283 g/mol. The molecule has 2 rings (SSSR count). The molecule has 102 valence electrons. The molecule has 0 aromatic carbocycles. The van der Waals surface area contributed by atoms with Gasteiger partial charge in [0.05, 0.1) is 5.92 Å². The highest BCUT2D eigenvalue weighted by atomic mass is 35.5. The maximum absolute atomic E-state index is 12.5. The lowest BCUT2D eigenvalue weighted by Gasteiger charge is -2.27. The molecule has 0 spiro atoms. The lowest BCUT2D eigenvalue weighted by atomic mass is 9.81. The zero-order valence-electron chi connectivity index (χ0n) is 9.88. The number of aromatic nitrogens is 2. The number of rotatable bonds is 2. The van der Waals surface area contributed by atoms with Crippen LogP contribution in [-0.2, 0) is 0 Å². The van der Waals surface area contributed by atoms with Crippen LogP contribution in [0.15, 0.2) is 4.42 Å². The van der Waals surface area contributed by atoms with E-state index in [0.29, 0.717) is 24.6 Å². The van der Waals surface area contributed by atoms with Gasteiger partial charge in [-0.2, -0.15) is 13.2 Å². The standard InChI is InChI=1S/C11H14ClF3N2O/c1-6(12)9-16-17-10(18-9)7-2-4-8(5-3-7)11(13,14)15/h6-8H,2-5H2,1H3. The van der Waals surface area contributed by atoms with E-state index in [1.54, 1.807) is 6.92 Å².